The summed E-state index contributed by atoms with van der Waals surface area (Å²) in [6.07, 6.45) is 3.31. The predicted octanol–water partition coefficient (Wildman–Crippen LogP) is 1.17. The summed E-state index contributed by atoms with van der Waals surface area (Å²) in [5, 5.41) is 0. The van der Waals surface area contributed by atoms with E-state index in [1.165, 1.54) is 0 Å². The van der Waals surface area contributed by atoms with Crippen LogP contribution in [0.15, 0.2) is 35.8 Å². The van der Waals surface area contributed by atoms with Gasteiger partial charge in [0.15, 0.2) is 0 Å². The first kappa shape index (κ1) is 11.9. The minimum absolute atomic E-state index is 0.0814. The fraction of sp³-hybridized carbons (Fsp3) is 0.286. The number of anilines is 1. The SMILES string of the molecule is C=Cc1c(N2CCOCC2)nc2ccccn2c1=O. The van der Waals surface area contributed by atoms with Crippen molar-refractivity contribution in [1.29, 1.82) is 0 Å². The number of hydrogen-bond acceptors (Lipinski definition) is 4. The third kappa shape index (κ3) is 2.02. The highest BCUT2D eigenvalue weighted by Crippen LogP contribution is 2.18. The number of hydrogen-bond donors (Lipinski definition) is 0. The van der Waals surface area contributed by atoms with Crippen molar-refractivity contribution in [2.75, 3.05) is 31.2 Å². The zero-order chi connectivity index (χ0) is 13.2. The molecule has 3 rings (SSSR count). The van der Waals surface area contributed by atoms with Gasteiger partial charge < -0.3 is 9.64 Å². The monoisotopic (exact) mass is 257 g/mol. The summed E-state index contributed by atoms with van der Waals surface area (Å²) in [5.74, 6) is 0.703. The molecular weight excluding hydrogens is 242 g/mol. The lowest BCUT2D eigenvalue weighted by atomic mass is 10.2. The van der Waals surface area contributed by atoms with E-state index in [1.54, 1.807) is 16.7 Å². The molecule has 1 fully saturated rings. The summed E-state index contributed by atoms with van der Waals surface area (Å²) in [6, 6.07) is 5.52. The molecule has 1 saturated heterocycles. The van der Waals surface area contributed by atoms with Crippen LogP contribution in [0, 0.1) is 0 Å². The van der Waals surface area contributed by atoms with Gasteiger partial charge in [0, 0.05) is 19.3 Å². The standard InChI is InChI=1S/C14H15N3O2/c1-2-11-13(16-7-9-19-10-8-16)15-12-5-3-4-6-17(12)14(11)18/h2-6H,1,7-10H2. The minimum atomic E-state index is -0.0814. The normalized spacial score (nSPS) is 15.7. The van der Waals surface area contributed by atoms with Crippen molar-refractivity contribution in [3.8, 4) is 0 Å². The van der Waals surface area contributed by atoms with E-state index in [2.05, 4.69) is 16.5 Å². The third-order valence-electron chi connectivity index (χ3n) is 3.26. The van der Waals surface area contributed by atoms with Crippen LogP contribution in [-0.2, 0) is 4.74 Å². The van der Waals surface area contributed by atoms with Crippen LogP contribution in [0.1, 0.15) is 5.56 Å². The van der Waals surface area contributed by atoms with Crippen LogP contribution in [-0.4, -0.2) is 35.7 Å². The van der Waals surface area contributed by atoms with E-state index in [9.17, 15) is 4.79 Å². The molecule has 0 atom stereocenters. The van der Waals surface area contributed by atoms with E-state index in [1.807, 2.05) is 18.2 Å². The lowest BCUT2D eigenvalue weighted by Crippen LogP contribution is -2.38. The van der Waals surface area contributed by atoms with Crippen LogP contribution in [0.5, 0.6) is 0 Å². The predicted molar refractivity (Wildman–Crippen MR) is 74.6 cm³/mol. The fourth-order valence-electron chi connectivity index (χ4n) is 2.29. The van der Waals surface area contributed by atoms with Crippen molar-refractivity contribution >= 4 is 17.5 Å². The first-order valence-corrected chi connectivity index (χ1v) is 6.28. The van der Waals surface area contributed by atoms with Gasteiger partial charge in [-0.1, -0.05) is 18.7 Å². The zero-order valence-corrected chi connectivity index (χ0v) is 10.6. The largest absolute Gasteiger partial charge is 0.378 e. The first-order chi connectivity index (χ1) is 9.31. The molecule has 98 valence electrons. The Kier molecular flexibility index (Phi) is 3.05. The lowest BCUT2D eigenvalue weighted by Gasteiger charge is -2.28. The molecule has 19 heavy (non-hydrogen) atoms. The van der Waals surface area contributed by atoms with Gasteiger partial charge in [0.05, 0.1) is 18.8 Å². The molecular formula is C14H15N3O2. The molecule has 0 bridgehead atoms. The van der Waals surface area contributed by atoms with Crippen molar-refractivity contribution in [2.45, 2.75) is 0 Å². The van der Waals surface area contributed by atoms with E-state index in [0.717, 1.165) is 13.1 Å². The maximum Gasteiger partial charge on any atom is 0.267 e. The Morgan fingerprint density at radius 1 is 1.32 bits per heavy atom. The molecule has 0 aromatic carbocycles. The molecule has 5 nitrogen and oxygen atoms in total. The maximum atomic E-state index is 12.4. The van der Waals surface area contributed by atoms with Crippen molar-refractivity contribution in [2.24, 2.45) is 0 Å². The highest BCUT2D eigenvalue weighted by Gasteiger charge is 2.18. The van der Waals surface area contributed by atoms with Crippen LogP contribution < -0.4 is 10.5 Å². The van der Waals surface area contributed by atoms with Gasteiger partial charge in [0.25, 0.3) is 5.56 Å². The molecule has 2 aromatic heterocycles. The van der Waals surface area contributed by atoms with Crippen molar-refractivity contribution in [3.63, 3.8) is 0 Å². The first-order valence-electron chi connectivity index (χ1n) is 6.28. The third-order valence-corrected chi connectivity index (χ3v) is 3.26. The van der Waals surface area contributed by atoms with Gasteiger partial charge in [-0.05, 0) is 12.1 Å². The van der Waals surface area contributed by atoms with Crippen molar-refractivity contribution in [1.82, 2.24) is 9.38 Å². The lowest BCUT2D eigenvalue weighted by molar-refractivity contribution is 0.122. The average molecular weight is 257 g/mol. The quantitative estimate of drug-likeness (QED) is 0.810. The van der Waals surface area contributed by atoms with Crippen LogP contribution in [0.2, 0.25) is 0 Å². The second-order valence-corrected chi connectivity index (χ2v) is 4.39. The average Bonchev–Trinajstić information content (AvgIpc) is 2.48. The molecule has 0 radical (unpaired) electrons. The van der Waals surface area contributed by atoms with Crippen LogP contribution in [0.25, 0.3) is 11.7 Å². The number of aromatic nitrogens is 2. The Bertz CT molecular complexity index is 672. The van der Waals surface area contributed by atoms with Gasteiger partial charge >= 0.3 is 0 Å². The van der Waals surface area contributed by atoms with E-state index in [-0.39, 0.29) is 5.56 Å². The van der Waals surface area contributed by atoms with Gasteiger partial charge in [0.2, 0.25) is 0 Å². The van der Waals surface area contributed by atoms with Crippen LogP contribution in [0.3, 0.4) is 0 Å². The van der Waals surface area contributed by atoms with E-state index >= 15 is 0 Å². The minimum Gasteiger partial charge on any atom is -0.378 e. The Balaban J connectivity index is 2.22. The molecule has 2 aromatic rings. The molecule has 0 aliphatic carbocycles. The van der Waals surface area contributed by atoms with E-state index < -0.39 is 0 Å². The number of ether oxygens (including phenoxy) is 1. The van der Waals surface area contributed by atoms with E-state index in [4.69, 9.17) is 4.74 Å². The fourth-order valence-corrected chi connectivity index (χ4v) is 2.29. The molecule has 5 heteroatoms. The molecule has 1 aliphatic rings. The molecule has 1 aliphatic heterocycles. The van der Waals surface area contributed by atoms with E-state index in [0.29, 0.717) is 30.2 Å². The molecule has 0 amide bonds. The van der Waals surface area contributed by atoms with Gasteiger partial charge in [-0.2, -0.15) is 0 Å². The number of rotatable bonds is 2. The number of morpholine rings is 1. The second-order valence-electron chi connectivity index (χ2n) is 4.39. The van der Waals surface area contributed by atoms with Gasteiger partial charge in [-0.25, -0.2) is 4.98 Å². The summed E-state index contributed by atoms with van der Waals surface area (Å²) in [4.78, 5) is 19.1. The number of fused-ring (bicyclic) bond motifs is 1. The van der Waals surface area contributed by atoms with Gasteiger partial charge in [0.1, 0.15) is 11.5 Å². The van der Waals surface area contributed by atoms with Crippen molar-refractivity contribution in [3.05, 3.63) is 46.9 Å². The molecule has 0 saturated carbocycles. The molecule has 3 heterocycles. The summed E-state index contributed by atoms with van der Waals surface area (Å²) < 4.78 is 6.88. The smallest absolute Gasteiger partial charge is 0.267 e. The van der Waals surface area contributed by atoms with Crippen LogP contribution in [0.4, 0.5) is 5.82 Å². The molecule has 0 spiro atoms. The van der Waals surface area contributed by atoms with Gasteiger partial charge in [-0.3, -0.25) is 9.20 Å². The zero-order valence-electron chi connectivity index (χ0n) is 10.6. The summed E-state index contributed by atoms with van der Waals surface area (Å²) >= 11 is 0. The highest BCUT2D eigenvalue weighted by atomic mass is 16.5. The Morgan fingerprint density at radius 2 is 2.11 bits per heavy atom. The van der Waals surface area contributed by atoms with Gasteiger partial charge in [-0.15, -0.1) is 0 Å². The molecule has 0 N–H and O–H groups in total. The Morgan fingerprint density at radius 3 is 2.84 bits per heavy atom. The maximum absolute atomic E-state index is 12.4. The topological polar surface area (TPSA) is 46.8 Å². The molecule has 0 unspecified atom stereocenters. The summed E-state index contributed by atoms with van der Waals surface area (Å²) in [6.45, 7) is 6.55. The Labute approximate surface area is 110 Å². The number of pyridine rings is 1. The van der Waals surface area contributed by atoms with Crippen LogP contribution >= 0.6 is 0 Å². The summed E-state index contributed by atoms with van der Waals surface area (Å²) in [5.41, 5.74) is 1.12. The Hall–Kier alpha value is -2.14. The summed E-state index contributed by atoms with van der Waals surface area (Å²) in [7, 11) is 0. The highest BCUT2D eigenvalue weighted by molar-refractivity contribution is 5.65. The number of nitrogens with zero attached hydrogens (tertiary/aromatic N) is 3. The second kappa shape index (κ2) is 4.85. The van der Waals surface area contributed by atoms with Crippen molar-refractivity contribution < 1.29 is 4.74 Å².